The van der Waals surface area contributed by atoms with Gasteiger partial charge < -0.3 is 11.1 Å². The smallest absolute Gasteiger partial charge is 0.255 e. The van der Waals surface area contributed by atoms with Crippen LogP contribution >= 0.6 is 24.0 Å². The number of carbonyl (C=O) groups excluding carboxylic acids is 1. The van der Waals surface area contributed by atoms with Gasteiger partial charge in [-0.2, -0.15) is 4.53 Å². The number of carbonyl (C=O) groups is 1. The Balaban J connectivity index is 4.19. The quantitative estimate of drug-likeness (QED) is 0.192. The molecule has 6 nitrogen and oxygen atoms in total. The second kappa shape index (κ2) is 6.39. The zero-order chi connectivity index (χ0) is 11.1. The largest absolute Gasteiger partial charge is 0.376 e. The molecule has 0 saturated carbocycles. The Labute approximate surface area is 92.6 Å². The number of hydrogen-bond acceptors (Lipinski definition) is 3. The van der Waals surface area contributed by atoms with Gasteiger partial charge in [0.1, 0.15) is 0 Å². The third-order valence-corrected chi connectivity index (χ3v) is 1.57. The van der Waals surface area contributed by atoms with Crippen molar-refractivity contribution in [3.8, 4) is 0 Å². The number of rotatable bonds is 1. The lowest BCUT2D eigenvalue weighted by Crippen LogP contribution is -2.49. The van der Waals surface area contributed by atoms with E-state index in [0.717, 1.165) is 4.53 Å². The molecule has 0 aliphatic heterocycles. The monoisotopic (exact) mass is 237 g/mol. The van der Waals surface area contributed by atoms with Gasteiger partial charge in [-0.1, -0.05) is 6.92 Å². The van der Waals surface area contributed by atoms with Crippen molar-refractivity contribution in [1.82, 2.24) is 15.3 Å². The Kier molecular flexibility index (Phi) is 5.89. The number of thiocarbonyl (C=S) groups is 1. The topological polar surface area (TPSA) is 82.8 Å². The highest BCUT2D eigenvalue weighted by Crippen LogP contribution is 1.93. The van der Waals surface area contributed by atoms with Crippen LogP contribution in [0.2, 0.25) is 0 Å². The van der Waals surface area contributed by atoms with Crippen LogP contribution in [-0.4, -0.2) is 28.6 Å². The van der Waals surface area contributed by atoms with Crippen LogP contribution in [0.25, 0.3) is 0 Å². The summed E-state index contributed by atoms with van der Waals surface area (Å²) in [5.74, 6) is -0.0909. The number of hydrogen-bond donors (Lipinski definition) is 3. The van der Waals surface area contributed by atoms with Gasteiger partial charge in [-0.05, 0) is 12.2 Å². The maximum Gasteiger partial charge on any atom is 0.255 e. The van der Waals surface area contributed by atoms with Gasteiger partial charge in [0.15, 0.2) is 5.11 Å². The highest BCUT2D eigenvalue weighted by molar-refractivity contribution is 7.80. The van der Waals surface area contributed by atoms with E-state index in [2.05, 4.69) is 28.0 Å². The fraction of sp³-hybridized carbons (Fsp3) is 0.500. The molecule has 0 unspecified atom stereocenters. The number of guanidine groups is 1. The first-order valence-electron chi connectivity index (χ1n) is 3.79. The van der Waals surface area contributed by atoms with Crippen LogP contribution in [0.4, 0.5) is 0 Å². The highest BCUT2D eigenvalue weighted by atomic mass is 35.5. The second-order valence-electron chi connectivity index (χ2n) is 2.20. The van der Waals surface area contributed by atoms with E-state index in [4.69, 9.17) is 17.5 Å². The van der Waals surface area contributed by atoms with E-state index in [0.29, 0.717) is 0 Å². The maximum atomic E-state index is 11.0. The number of amides is 1. The predicted octanol–water partition coefficient (Wildman–Crippen LogP) is -0.298. The highest BCUT2D eigenvalue weighted by Gasteiger charge is 2.10. The van der Waals surface area contributed by atoms with Gasteiger partial charge in [-0.25, -0.2) is 5.43 Å². The third-order valence-electron chi connectivity index (χ3n) is 1.19. The summed E-state index contributed by atoms with van der Waals surface area (Å²) in [5.41, 5.74) is 7.68. The second-order valence-corrected chi connectivity index (χ2v) is 2.98. The lowest BCUT2D eigenvalue weighted by atomic mass is 10.5. The molecule has 8 heteroatoms. The number of halogens is 1. The Bertz CT molecular complexity index is 257. The first-order chi connectivity index (χ1) is 6.51. The van der Waals surface area contributed by atoms with E-state index >= 15 is 0 Å². The van der Waals surface area contributed by atoms with Crippen molar-refractivity contribution in [3.05, 3.63) is 0 Å². The van der Waals surface area contributed by atoms with Crippen molar-refractivity contribution in [2.45, 2.75) is 13.3 Å². The van der Waals surface area contributed by atoms with Gasteiger partial charge in [0.2, 0.25) is 5.96 Å². The predicted molar refractivity (Wildman–Crippen MR) is 59.4 cm³/mol. The van der Waals surface area contributed by atoms with Crippen LogP contribution in [0, 0.1) is 0 Å². The lowest BCUT2D eigenvalue weighted by Gasteiger charge is -2.16. The van der Waals surface area contributed by atoms with Gasteiger partial charge in [-0.15, -0.1) is 0 Å². The number of hydrazine groups is 1. The number of nitrogens with zero attached hydrogens (tertiary/aromatic N) is 2. The summed E-state index contributed by atoms with van der Waals surface area (Å²) in [7, 11) is 1.49. The summed E-state index contributed by atoms with van der Waals surface area (Å²) < 4.78 is 0.785. The first kappa shape index (κ1) is 12.9. The van der Waals surface area contributed by atoms with Crippen LogP contribution in [0.15, 0.2) is 4.99 Å². The minimum absolute atomic E-state index is 0.0344. The van der Waals surface area contributed by atoms with Crippen molar-refractivity contribution in [3.63, 3.8) is 0 Å². The number of nitrogens with one attached hydrogen (secondary N) is 2. The zero-order valence-corrected chi connectivity index (χ0v) is 9.45. The molecule has 0 heterocycles. The summed E-state index contributed by atoms with van der Waals surface area (Å²) in [4.78, 5) is 14.8. The summed E-state index contributed by atoms with van der Waals surface area (Å²) in [5, 5.41) is 2.54. The van der Waals surface area contributed by atoms with Crippen LogP contribution < -0.4 is 16.5 Å². The molecular weight excluding hydrogens is 226 g/mol. The molecule has 0 aliphatic rings. The summed E-state index contributed by atoms with van der Waals surface area (Å²) in [6, 6.07) is 0. The third kappa shape index (κ3) is 4.83. The normalized spacial score (nSPS) is 10.6. The van der Waals surface area contributed by atoms with Gasteiger partial charge in [0.25, 0.3) is 5.91 Å². The average Bonchev–Trinajstić information content (AvgIpc) is 2.14. The summed E-state index contributed by atoms with van der Waals surface area (Å²) in [6.07, 6.45) is 0.278. The summed E-state index contributed by atoms with van der Waals surface area (Å²) in [6.45, 7) is 1.68. The molecule has 4 N–H and O–H groups in total. The van der Waals surface area contributed by atoms with Crippen LogP contribution in [0.3, 0.4) is 0 Å². The molecule has 0 rings (SSSR count). The molecule has 0 aromatic heterocycles. The fourth-order valence-corrected chi connectivity index (χ4v) is 0.841. The van der Waals surface area contributed by atoms with Gasteiger partial charge in [-0.3, -0.25) is 9.79 Å². The molecule has 0 aromatic rings. The molecule has 14 heavy (non-hydrogen) atoms. The molecule has 0 aliphatic carbocycles. The molecule has 0 fully saturated rings. The van der Waals surface area contributed by atoms with E-state index in [-0.39, 0.29) is 23.4 Å². The Morgan fingerprint density at radius 2 is 2.29 bits per heavy atom. The van der Waals surface area contributed by atoms with E-state index in [1.165, 1.54) is 7.05 Å². The number of aliphatic imine (C=N–C) groups is 1. The van der Waals surface area contributed by atoms with Gasteiger partial charge in [0.05, 0.1) is 0 Å². The maximum absolute atomic E-state index is 11.0. The van der Waals surface area contributed by atoms with Crippen LogP contribution in [0.1, 0.15) is 13.3 Å². The van der Waals surface area contributed by atoms with Crippen molar-refractivity contribution < 1.29 is 4.79 Å². The molecule has 0 spiro atoms. The molecule has 1 amide bonds. The minimum Gasteiger partial charge on any atom is -0.376 e. The van der Waals surface area contributed by atoms with E-state index < -0.39 is 0 Å². The Morgan fingerprint density at radius 3 is 2.64 bits per heavy atom. The van der Waals surface area contributed by atoms with Crippen molar-refractivity contribution in [2.24, 2.45) is 10.7 Å². The molecule has 0 bridgehead atoms. The standard InChI is InChI=1S/C6H12ClN5OS/c1-3-4(13)12(7)11-6(9-2)10-5(8)14/h3H2,1-2H3,(H4,8,9,10,11,14). The first-order valence-corrected chi connectivity index (χ1v) is 4.54. The number of nitrogens with two attached hydrogens (primary N) is 1. The molecule has 80 valence electrons. The average molecular weight is 238 g/mol. The van der Waals surface area contributed by atoms with E-state index in [1.807, 2.05) is 0 Å². The minimum atomic E-state index is -0.294. The fourth-order valence-electron chi connectivity index (χ4n) is 0.545. The van der Waals surface area contributed by atoms with Crippen molar-refractivity contribution in [2.75, 3.05) is 7.05 Å². The molecular formula is C6H12ClN5OS. The Hall–Kier alpha value is -1.08. The van der Waals surface area contributed by atoms with Crippen LogP contribution in [0.5, 0.6) is 0 Å². The van der Waals surface area contributed by atoms with E-state index in [1.54, 1.807) is 6.92 Å². The van der Waals surface area contributed by atoms with Crippen molar-refractivity contribution in [1.29, 1.82) is 0 Å². The van der Waals surface area contributed by atoms with Crippen LogP contribution in [-0.2, 0) is 4.79 Å². The summed E-state index contributed by atoms with van der Waals surface area (Å²) >= 11 is 10.1. The lowest BCUT2D eigenvalue weighted by molar-refractivity contribution is -0.127. The molecule has 0 radical (unpaired) electrons. The molecule has 0 atom stereocenters. The van der Waals surface area contributed by atoms with Crippen molar-refractivity contribution >= 4 is 41.0 Å². The van der Waals surface area contributed by atoms with E-state index in [9.17, 15) is 4.79 Å². The SMILES string of the molecule is CCC(=O)N(Cl)NC(=NC)NC(N)=S. The zero-order valence-electron chi connectivity index (χ0n) is 7.87. The van der Waals surface area contributed by atoms with Gasteiger partial charge >= 0.3 is 0 Å². The molecule has 0 saturated heterocycles. The Morgan fingerprint density at radius 1 is 1.71 bits per heavy atom. The molecule has 0 aromatic carbocycles. The van der Waals surface area contributed by atoms with Gasteiger partial charge in [0, 0.05) is 25.2 Å².